The van der Waals surface area contributed by atoms with Gasteiger partial charge in [-0.05, 0) is 6.42 Å². The van der Waals surface area contributed by atoms with Gasteiger partial charge in [0.1, 0.15) is 0 Å². The molecule has 0 radical (unpaired) electrons. The van der Waals surface area contributed by atoms with Gasteiger partial charge in [0.15, 0.2) is 0 Å². The Hall–Kier alpha value is -0.550. The molecule has 0 aliphatic carbocycles. The zero-order chi connectivity index (χ0) is 10.4. The summed E-state index contributed by atoms with van der Waals surface area (Å²) in [5, 5.41) is 7.82. The lowest BCUT2D eigenvalue weighted by atomic mass is 10.3. The lowest BCUT2D eigenvalue weighted by molar-refractivity contribution is 0.470. The SMILES string of the molecule is CCc1nnc(CSCC(N)CC)o1. The Morgan fingerprint density at radius 1 is 1.36 bits per heavy atom. The predicted octanol–water partition coefficient (Wildman–Crippen LogP) is 1.60. The van der Waals surface area contributed by atoms with E-state index in [1.165, 1.54) is 0 Å². The Balaban J connectivity index is 2.24. The molecule has 2 N–H and O–H groups in total. The van der Waals surface area contributed by atoms with Crippen LogP contribution in [-0.4, -0.2) is 22.0 Å². The van der Waals surface area contributed by atoms with Gasteiger partial charge in [-0.2, -0.15) is 11.8 Å². The average Bonchev–Trinajstić information content (AvgIpc) is 2.65. The summed E-state index contributed by atoms with van der Waals surface area (Å²) >= 11 is 1.74. The summed E-state index contributed by atoms with van der Waals surface area (Å²) in [7, 11) is 0. The van der Waals surface area contributed by atoms with Gasteiger partial charge < -0.3 is 10.2 Å². The minimum atomic E-state index is 0.272. The van der Waals surface area contributed by atoms with Gasteiger partial charge in [0.05, 0.1) is 5.75 Å². The number of hydrogen-bond acceptors (Lipinski definition) is 5. The van der Waals surface area contributed by atoms with Crippen LogP contribution in [0.1, 0.15) is 32.0 Å². The summed E-state index contributed by atoms with van der Waals surface area (Å²) in [6.07, 6.45) is 1.81. The van der Waals surface area contributed by atoms with Crippen LogP contribution in [0, 0.1) is 0 Å². The summed E-state index contributed by atoms with van der Waals surface area (Å²) in [6.45, 7) is 4.09. The number of nitrogens with zero attached hydrogens (tertiary/aromatic N) is 2. The van der Waals surface area contributed by atoms with Gasteiger partial charge in [-0.3, -0.25) is 0 Å². The number of nitrogens with two attached hydrogens (primary N) is 1. The van der Waals surface area contributed by atoms with Crippen LogP contribution in [0.2, 0.25) is 0 Å². The van der Waals surface area contributed by atoms with E-state index in [1.807, 2.05) is 6.92 Å². The second kappa shape index (κ2) is 6.03. The number of rotatable bonds is 6. The van der Waals surface area contributed by atoms with E-state index in [1.54, 1.807) is 11.8 Å². The quantitative estimate of drug-likeness (QED) is 0.781. The molecule has 0 fully saturated rings. The molecule has 14 heavy (non-hydrogen) atoms. The molecule has 0 amide bonds. The number of aryl methyl sites for hydroxylation is 1. The molecule has 0 aromatic carbocycles. The van der Waals surface area contributed by atoms with E-state index in [-0.39, 0.29) is 6.04 Å². The third-order valence-corrected chi connectivity index (χ3v) is 3.01. The largest absolute Gasteiger partial charge is 0.424 e. The Morgan fingerprint density at radius 2 is 2.07 bits per heavy atom. The predicted molar refractivity (Wildman–Crippen MR) is 58.1 cm³/mol. The maximum atomic E-state index is 5.78. The third-order valence-electron chi connectivity index (χ3n) is 1.89. The second-order valence-corrected chi connectivity index (χ2v) is 4.16. The molecule has 0 spiro atoms. The van der Waals surface area contributed by atoms with Gasteiger partial charge in [-0.25, -0.2) is 0 Å². The van der Waals surface area contributed by atoms with E-state index >= 15 is 0 Å². The molecule has 0 bridgehead atoms. The molecule has 1 heterocycles. The molecule has 4 nitrogen and oxygen atoms in total. The molecule has 80 valence electrons. The molecule has 1 unspecified atom stereocenters. The Morgan fingerprint density at radius 3 is 2.64 bits per heavy atom. The highest BCUT2D eigenvalue weighted by molar-refractivity contribution is 7.98. The second-order valence-electron chi connectivity index (χ2n) is 3.13. The molecule has 0 aliphatic rings. The van der Waals surface area contributed by atoms with E-state index in [4.69, 9.17) is 10.2 Å². The molecular weight excluding hydrogens is 198 g/mol. The van der Waals surface area contributed by atoms with Crippen LogP contribution >= 0.6 is 11.8 Å². The van der Waals surface area contributed by atoms with Crippen LogP contribution in [0.25, 0.3) is 0 Å². The van der Waals surface area contributed by atoms with Gasteiger partial charge in [0.2, 0.25) is 11.8 Å². The summed E-state index contributed by atoms with van der Waals surface area (Å²) in [5.41, 5.74) is 5.78. The zero-order valence-corrected chi connectivity index (χ0v) is 9.51. The molecule has 1 aromatic heterocycles. The molecule has 1 rings (SSSR count). The smallest absolute Gasteiger partial charge is 0.226 e. The summed E-state index contributed by atoms with van der Waals surface area (Å²) < 4.78 is 5.36. The van der Waals surface area contributed by atoms with E-state index in [0.29, 0.717) is 11.8 Å². The first-order chi connectivity index (χ1) is 6.76. The van der Waals surface area contributed by atoms with Crippen LogP contribution < -0.4 is 5.73 Å². The van der Waals surface area contributed by atoms with Crippen molar-refractivity contribution in [2.45, 2.75) is 38.5 Å². The Bertz CT molecular complexity index is 264. The van der Waals surface area contributed by atoms with Gasteiger partial charge in [0.25, 0.3) is 0 Å². The fourth-order valence-electron chi connectivity index (χ4n) is 0.905. The minimum absolute atomic E-state index is 0.272. The Labute approximate surface area is 88.7 Å². The standard InChI is InChI=1S/C9H17N3OS/c1-3-7(10)5-14-6-9-12-11-8(4-2)13-9/h7H,3-6,10H2,1-2H3. The lowest BCUT2D eigenvalue weighted by Crippen LogP contribution is -2.21. The molecule has 0 saturated carbocycles. The van der Waals surface area contributed by atoms with Crippen LogP contribution in [0.3, 0.4) is 0 Å². The maximum Gasteiger partial charge on any atom is 0.226 e. The van der Waals surface area contributed by atoms with Crippen LogP contribution in [-0.2, 0) is 12.2 Å². The summed E-state index contributed by atoms with van der Waals surface area (Å²) in [6, 6.07) is 0.272. The molecule has 0 aliphatic heterocycles. The van der Waals surface area contributed by atoms with E-state index < -0.39 is 0 Å². The highest BCUT2D eigenvalue weighted by atomic mass is 32.2. The fourth-order valence-corrected chi connectivity index (χ4v) is 1.85. The van der Waals surface area contributed by atoms with Crippen molar-refractivity contribution >= 4 is 11.8 Å². The first kappa shape index (κ1) is 11.5. The topological polar surface area (TPSA) is 64.9 Å². The fraction of sp³-hybridized carbons (Fsp3) is 0.778. The van der Waals surface area contributed by atoms with Gasteiger partial charge in [-0.15, -0.1) is 10.2 Å². The molecule has 1 aromatic rings. The third kappa shape index (κ3) is 3.67. The van der Waals surface area contributed by atoms with Crippen molar-refractivity contribution in [1.82, 2.24) is 10.2 Å². The number of aromatic nitrogens is 2. The number of hydrogen-bond donors (Lipinski definition) is 1. The van der Waals surface area contributed by atoms with E-state index in [2.05, 4.69) is 17.1 Å². The average molecular weight is 215 g/mol. The summed E-state index contributed by atoms with van der Waals surface area (Å²) in [4.78, 5) is 0. The monoisotopic (exact) mass is 215 g/mol. The van der Waals surface area contributed by atoms with Crippen molar-refractivity contribution in [2.75, 3.05) is 5.75 Å². The molecular formula is C9H17N3OS. The van der Waals surface area contributed by atoms with Crippen LogP contribution in [0.5, 0.6) is 0 Å². The first-order valence-electron chi connectivity index (χ1n) is 4.90. The minimum Gasteiger partial charge on any atom is -0.424 e. The van der Waals surface area contributed by atoms with Gasteiger partial charge in [-0.1, -0.05) is 13.8 Å². The molecule has 5 heteroatoms. The van der Waals surface area contributed by atoms with E-state index in [9.17, 15) is 0 Å². The zero-order valence-electron chi connectivity index (χ0n) is 8.69. The maximum absolute atomic E-state index is 5.78. The van der Waals surface area contributed by atoms with Crippen molar-refractivity contribution in [3.8, 4) is 0 Å². The normalized spacial score (nSPS) is 13.1. The van der Waals surface area contributed by atoms with Crippen molar-refractivity contribution in [2.24, 2.45) is 5.73 Å². The molecule has 0 saturated heterocycles. The van der Waals surface area contributed by atoms with Crippen molar-refractivity contribution in [3.05, 3.63) is 11.8 Å². The first-order valence-corrected chi connectivity index (χ1v) is 6.06. The van der Waals surface area contributed by atoms with Crippen molar-refractivity contribution < 1.29 is 4.42 Å². The van der Waals surface area contributed by atoms with Gasteiger partial charge >= 0.3 is 0 Å². The van der Waals surface area contributed by atoms with E-state index in [0.717, 1.165) is 24.3 Å². The van der Waals surface area contributed by atoms with Crippen LogP contribution in [0.4, 0.5) is 0 Å². The van der Waals surface area contributed by atoms with Gasteiger partial charge in [0, 0.05) is 18.2 Å². The summed E-state index contributed by atoms with van der Waals surface area (Å²) in [5.74, 6) is 3.12. The number of thioether (sulfide) groups is 1. The molecule has 1 atom stereocenters. The lowest BCUT2D eigenvalue weighted by Gasteiger charge is -2.05. The highest BCUT2D eigenvalue weighted by Crippen LogP contribution is 2.12. The van der Waals surface area contributed by atoms with Crippen LogP contribution in [0.15, 0.2) is 4.42 Å². The Kier molecular flexibility index (Phi) is 4.97. The van der Waals surface area contributed by atoms with Crippen molar-refractivity contribution in [3.63, 3.8) is 0 Å². The highest BCUT2D eigenvalue weighted by Gasteiger charge is 2.05. The van der Waals surface area contributed by atoms with Crippen molar-refractivity contribution in [1.29, 1.82) is 0 Å².